The zero-order valence-electron chi connectivity index (χ0n) is 12.7. The lowest BCUT2D eigenvalue weighted by atomic mass is 9.94. The zero-order chi connectivity index (χ0) is 14.0. The summed E-state index contributed by atoms with van der Waals surface area (Å²) in [5.74, 6) is 0. The Morgan fingerprint density at radius 3 is 2.37 bits per heavy atom. The van der Waals surface area contributed by atoms with Crippen LogP contribution in [-0.2, 0) is 4.74 Å². The van der Waals surface area contributed by atoms with Gasteiger partial charge < -0.3 is 10.1 Å². The predicted octanol–water partition coefficient (Wildman–Crippen LogP) is 2.35. The van der Waals surface area contributed by atoms with Crippen LogP contribution >= 0.6 is 0 Å². The predicted molar refractivity (Wildman–Crippen MR) is 76.2 cm³/mol. The van der Waals surface area contributed by atoms with Crippen LogP contribution in [0.5, 0.6) is 0 Å². The maximum Gasteiger partial charge on any atom is 0.128 e. The zero-order valence-corrected chi connectivity index (χ0v) is 12.7. The number of hydrogen-bond acceptors (Lipinski definition) is 3. The van der Waals surface area contributed by atoms with Crippen molar-refractivity contribution in [3.05, 3.63) is 0 Å². The van der Waals surface area contributed by atoms with Gasteiger partial charge in [-0.15, -0.1) is 0 Å². The number of likely N-dealkylation sites (tertiary alicyclic amines) is 1. The Labute approximate surface area is 116 Å². The van der Waals surface area contributed by atoms with Crippen molar-refractivity contribution in [2.75, 3.05) is 13.1 Å². The highest BCUT2D eigenvalue weighted by Gasteiger charge is 2.35. The Bertz CT molecular complexity index is 277. The lowest BCUT2D eigenvalue weighted by molar-refractivity contribution is -0.0742. The van der Waals surface area contributed by atoms with E-state index in [1.165, 1.54) is 0 Å². The van der Waals surface area contributed by atoms with Crippen molar-refractivity contribution in [1.82, 2.24) is 10.2 Å². The van der Waals surface area contributed by atoms with Crippen molar-refractivity contribution in [2.24, 2.45) is 0 Å². The van der Waals surface area contributed by atoms with Crippen LogP contribution in [0.15, 0.2) is 0 Å². The fourth-order valence-electron chi connectivity index (χ4n) is 3.54. The van der Waals surface area contributed by atoms with E-state index in [1.807, 2.05) is 0 Å². The highest BCUT2D eigenvalue weighted by atomic mass is 19.1. The van der Waals surface area contributed by atoms with E-state index in [1.54, 1.807) is 0 Å². The summed E-state index contributed by atoms with van der Waals surface area (Å²) in [6, 6.07) is 0.890. The molecule has 2 saturated heterocycles. The second-order valence-corrected chi connectivity index (χ2v) is 6.61. The van der Waals surface area contributed by atoms with E-state index in [0.717, 1.165) is 25.8 Å². The molecular formula is C15H29FN2O. The standard InChI is InChI=1S/C15H29FN2O/c1-10(2)17-15-5-6-18(9-14(15)16)13-7-11(3)19-12(4)8-13/h10-15,17H,5-9H2,1-4H3/t11?,12?,13?,14-,15+/m0/s1. The van der Waals surface area contributed by atoms with Gasteiger partial charge in [0.25, 0.3) is 0 Å². The summed E-state index contributed by atoms with van der Waals surface area (Å²) in [5, 5.41) is 3.35. The van der Waals surface area contributed by atoms with Gasteiger partial charge in [-0.25, -0.2) is 4.39 Å². The summed E-state index contributed by atoms with van der Waals surface area (Å²) in [5.41, 5.74) is 0. The largest absolute Gasteiger partial charge is 0.375 e. The van der Waals surface area contributed by atoms with Gasteiger partial charge in [0.05, 0.1) is 12.2 Å². The molecule has 0 spiro atoms. The highest BCUT2D eigenvalue weighted by Crippen LogP contribution is 2.27. The van der Waals surface area contributed by atoms with E-state index < -0.39 is 6.17 Å². The normalized spacial score (nSPS) is 41.7. The number of hydrogen-bond donors (Lipinski definition) is 1. The SMILES string of the molecule is CC(C)N[C@@H]1CCN(C2CC(C)OC(C)C2)C[C@@H]1F. The number of ether oxygens (including phenoxy) is 1. The molecule has 0 aromatic heterocycles. The molecule has 0 saturated carbocycles. The van der Waals surface area contributed by atoms with Crippen molar-refractivity contribution in [2.45, 2.75) is 83.5 Å². The highest BCUT2D eigenvalue weighted by molar-refractivity contribution is 4.91. The third kappa shape index (κ3) is 4.14. The molecule has 4 atom stereocenters. The van der Waals surface area contributed by atoms with Gasteiger partial charge in [-0.3, -0.25) is 4.90 Å². The van der Waals surface area contributed by atoms with E-state index in [-0.39, 0.29) is 6.04 Å². The molecule has 0 radical (unpaired) electrons. The van der Waals surface area contributed by atoms with Gasteiger partial charge in [0.1, 0.15) is 6.17 Å². The van der Waals surface area contributed by atoms with E-state index in [2.05, 4.69) is 37.9 Å². The van der Waals surface area contributed by atoms with Gasteiger partial charge in [-0.1, -0.05) is 13.8 Å². The molecule has 2 unspecified atom stereocenters. The van der Waals surface area contributed by atoms with Gasteiger partial charge in [0.2, 0.25) is 0 Å². The van der Waals surface area contributed by atoms with Crippen LogP contribution in [0.1, 0.15) is 47.0 Å². The molecule has 1 N–H and O–H groups in total. The van der Waals surface area contributed by atoms with Crippen LogP contribution < -0.4 is 5.32 Å². The van der Waals surface area contributed by atoms with E-state index in [4.69, 9.17) is 4.74 Å². The van der Waals surface area contributed by atoms with Crippen LogP contribution in [0, 0.1) is 0 Å². The summed E-state index contributed by atoms with van der Waals surface area (Å²) in [6.45, 7) is 10.0. The Kier molecular flexibility index (Phi) is 5.21. The summed E-state index contributed by atoms with van der Waals surface area (Å²) < 4.78 is 20.0. The molecule has 2 aliphatic heterocycles. The lowest BCUT2D eigenvalue weighted by Gasteiger charge is -2.44. The molecule has 19 heavy (non-hydrogen) atoms. The molecule has 2 rings (SSSR count). The number of halogens is 1. The molecule has 3 nitrogen and oxygen atoms in total. The van der Waals surface area contributed by atoms with Gasteiger partial charge >= 0.3 is 0 Å². The second kappa shape index (κ2) is 6.51. The van der Waals surface area contributed by atoms with Crippen LogP contribution in [0.2, 0.25) is 0 Å². The van der Waals surface area contributed by atoms with Crippen LogP contribution in [0.3, 0.4) is 0 Å². The topological polar surface area (TPSA) is 24.5 Å². The molecule has 0 aliphatic carbocycles. The smallest absolute Gasteiger partial charge is 0.128 e. The minimum Gasteiger partial charge on any atom is -0.375 e. The molecule has 4 heteroatoms. The fourth-order valence-corrected chi connectivity index (χ4v) is 3.54. The first kappa shape index (κ1) is 15.2. The average molecular weight is 272 g/mol. The summed E-state index contributed by atoms with van der Waals surface area (Å²) >= 11 is 0. The number of nitrogens with one attached hydrogen (secondary N) is 1. The third-order valence-electron chi connectivity index (χ3n) is 4.31. The summed E-state index contributed by atoms with van der Waals surface area (Å²) in [6.07, 6.45) is 2.86. The van der Waals surface area contributed by atoms with E-state index >= 15 is 0 Å². The maximum absolute atomic E-state index is 14.3. The molecule has 0 bridgehead atoms. The van der Waals surface area contributed by atoms with Crippen molar-refractivity contribution in [3.63, 3.8) is 0 Å². The minimum absolute atomic E-state index is 0.0333. The van der Waals surface area contributed by atoms with Crippen LogP contribution in [0.4, 0.5) is 4.39 Å². The Balaban J connectivity index is 1.87. The number of alkyl halides is 1. The minimum atomic E-state index is -0.746. The Morgan fingerprint density at radius 2 is 1.84 bits per heavy atom. The van der Waals surface area contributed by atoms with Crippen molar-refractivity contribution < 1.29 is 9.13 Å². The van der Waals surface area contributed by atoms with Crippen molar-refractivity contribution in [1.29, 1.82) is 0 Å². The molecule has 0 aromatic carbocycles. The number of nitrogens with zero attached hydrogens (tertiary/aromatic N) is 1. The fraction of sp³-hybridized carbons (Fsp3) is 1.00. The molecular weight excluding hydrogens is 243 g/mol. The van der Waals surface area contributed by atoms with Crippen molar-refractivity contribution in [3.8, 4) is 0 Å². The Hall–Kier alpha value is -0.190. The summed E-state index contributed by atoms with van der Waals surface area (Å²) in [7, 11) is 0. The van der Waals surface area contributed by atoms with E-state index in [0.29, 0.717) is 30.8 Å². The quantitative estimate of drug-likeness (QED) is 0.853. The monoisotopic (exact) mass is 272 g/mol. The maximum atomic E-state index is 14.3. The summed E-state index contributed by atoms with van der Waals surface area (Å²) in [4.78, 5) is 2.35. The van der Waals surface area contributed by atoms with Crippen LogP contribution in [0.25, 0.3) is 0 Å². The first-order valence-electron chi connectivity index (χ1n) is 7.75. The molecule has 2 aliphatic rings. The van der Waals surface area contributed by atoms with Gasteiger partial charge in [0.15, 0.2) is 0 Å². The van der Waals surface area contributed by atoms with Gasteiger partial charge in [-0.05, 0) is 33.1 Å². The first-order valence-corrected chi connectivity index (χ1v) is 7.75. The van der Waals surface area contributed by atoms with Gasteiger partial charge in [0, 0.05) is 31.2 Å². The first-order chi connectivity index (χ1) is 8.95. The number of piperidine rings is 1. The van der Waals surface area contributed by atoms with E-state index in [9.17, 15) is 4.39 Å². The second-order valence-electron chi connectivity index (χ2n) is 6.61. The average Bonchev–Trinajstić information content (AvgIpc) is 2.30. The molecule has 112 valence electrons. The van der Waals surface area contributed by atoms with Crippen LogP contribution in [-0.4, -0.2) is 54.5 Å². The lowest BCUT2D eigenvalue weighted by Crippen LogP contribution is -2.56. The van der Waals surface area contributed by atoms with Gasteiger partial charge in [-0.2, -0.15) is 0 Å². The number of rotatable bonds is 3. The third-order valence-corrected chi connectivity index (χ3v) is 4.31. The van der Waals surface area contributed by atoms with Crippen molar-refractivity contribution >= 4 is 0 Å². The molecule has 0 aromatic rings. The molecule has 2 fully saturated rings. The molecule has 0 amide bonds. The molecule has 2 heterocycles. The Morgan fingerprint density at radius 1 is 1.21 bits per heavy atom.